The van der Waals surface area contributed by atoms with Crippen LogP contribution >= 0.6 is 0 Å². The van der Waals surface area contributed by atoms with Gasteiger partial charge in [-0.15, -0.1) is 0 Å². The van der Waals surface area contributed by atoms with Crippen LogP contribution in [-0.2, 0) is 33.3 Å². The Morgan fingerprint density at radius 3 is 1.10 bits per heavy atom. The lowest BCUT2D eigenvalue weighted by molar-refractivity contribution is -0.124. The van der Waals surface area contributed by atoms with Crippen LogP contribution in [0.5, 0.6) is 0 Å². The molecule has 0 aromatic heterocycles. The number of hydrogen-bond donors (Lipinski definition) is 3. The third-order valence-electron chi connectivity index (χ3n) is 13.2. The normalized spacial score (nSPS) is 13.7. The lowest BCUT2D eigenvalue weighted by atomic mass is 10.0. The minimum Gasteiger partial charge on any atom is -0.446 e. The molecule has 0 aliphatic carbocycles. The number of nitrogens with one attached hydrogen (secondary N) is 3. The number of unbranched alkanes of at least 4 members (excludes halogenated alkanes) is 29. The lowest BCUT2D eigenvalue weighted by Gasteiger charge is -2.23. The van der Waals surface area contributed by atoms with Crippen LogP contribution in [0.25, 0.3) is 0 Å². The molecule has 0 radical (unpaired) electrons. The van der Waals surface area contributed by atoms with Gasteiger partial charge in [0.1, 0.15) is 12.1 Å². The molecule has 11 heteroatoms. The fourth-order valence-electron chi connectivity index (χ4n) is 8.72. The molecule has 0 heterocycles. The molecule has 0 rings (SSSR count). The highest BCUT2D eigenvalue weighted by Gasteiger charge is 2.25. The number of hydrogen-bond acceptors (Lipinski definition) is 8. The first-order chi connectivity index (χ1) is 34.1. The molecule has 3 amide bonds. The van der Waals surface area contributed by atoms with E-state index in [1.807, 2.05) is 55.4 Å². The third-order valence-corrected chi connectivity index (χ3v) is 13.2. The van der Waals surface area contributed by atoms with Gasteiger partial charge in [0.05, 0.1) is 49.8 Å². The van der Waals surface area contributed by atoms with Crippen molar-refractivity contribution in [2.75, 3.05) is 39.5 Å². The highest BCUT2D eigenvalue weighted by molar-refractivity contribution is 5.86. The van der Waals surface area contributed by atoms with Crippen molar-refractivity contribution < 1.29 is 38.1 Å². The number of amides is 3. The van der Waals surface area contributed by atoms with E-state index in [-0.39, 0.29) is 67.3 Å². The number of carbonyl (C=O) groups excluding carboxylic acids is 3. The molecule has 0 saturated carbocycles. The van der Waals surface area contributed by atoms with Gasteiger partial charge < -0.3 is 39.6 Å². The maximum absolute atomic E-state index is 13.6. The van der Waals surface area contributed by atoms with Gasteiger partial charge in [-0.2, -0.15) is 0 Å². The molecule has 0 fully saturated rings. The quantitative estimate of drug-likeness (QED) is 0.0513. The summed E-state index contributed by atoms with van der Waals surface area (Å²) in [5.41, 5.74) is -0.520. The zero-order valence-corrected chi connectivity index (χ0v) is 48.6. The molecule has 0 aliphatic heterocycles. The molecule has 3 N–H and O–H groups in total. The Balaban J connectivity index is 5.21. The van der Waals surface area contributed by atoms with Gasteiger partial charge in [0.15, 0.2) is 0 Å². The van der Waals surface area contributed by atoms with Gasteiger partial charge in [0, 0.05) is 19.5 Å². The summed E-state index contributed by atoms with van der Waals surface area (Å²) < 4.78 is 29.5. The fraction of sp³-hybridized carbons (Fsp3) is 0.950. The van der Waals surface area contributed by atoms with Gasteiger partial charge in [0.2, 0.25) is 11.8 Å². The molecule has 11 nitrogen and oxygen atoms in total. The van der Waals surface area contributed by atoms with Crippen molar-refractivity contribution in [3.63, 3.8) is 0 Å². The van der Waals surface area contributed by atoms with Crippen molar-refractivity contribution in [1.29, 1.82) is 0 Å². The first kappa shape index (κ1) is 69.0. The van der Waals surface area contributed by atoms with Gasteiger partial charge in [-0.05, 0) is 87.5 Å². The van der Waals surface area contributed by atoms with E-state index >= 15 is 0 Å². The van der Waals surface area contributed by atoms with E-state index in [0.29, 0.717) is 26.4 Å². The summed E-state index contributed by atoms with van der Waals surface area (Å²) in [7, 11) is 0. The third kappa shape index (κ3) is 51.3. The molecule has 0 aliphatic rings. The number of rotatable bonds is 51. The molecule has 0 spiro atoms. The Hall–Kier alpha value is -1.95. The summed E-state index contributed by atoms with van der Waals surface area (Å²) >= 11 is 0. The number of carbonyl (C=O) groups is 3. The van der Waals surface area contributed by atoms with Gasteiger partial charge in [-0.3, -0.25) is 9.59 Å². The van der Waals surface area contributed by atoms with E-state index < -0.39 is 12.1 Å². The highest BCUT2D eigenvalue weighted by atomic mass is 16.6. The maximum atomic E-state index is 13.6. The van der Waals surface area contributed by atoms with E-state index in [2.05, 4.69) is 29.8 Å². The molecule has 0 saturated heterocycles. The molecule has 71 heavy (non-hydrogen) atoms. The second kappa shape index (κ2) is 47.7. The largest absolute Gasteiger partial charge is 0.446 e. The molecule has 0 aromatic carbocycles. The molecule has 3 unspecified atom stereocenters. The Bertz CT molecular complexity index is 1210. The fourth-order valence-corrected chi connectivity index (χ4v) is 8.72. The summed E-state index contributed by atoms with van der Waals surface area (Å²) in [4.78, 5) is 40.2. The summed E-state index contributed by atoms with van der Waals surface area (Å²) in [6.45, 7) is 22.6. The van der Waals surface area contributed by atoms with Crippen molar-refractivity contribution >= 4 is 17.9 Å². The topological polar surface area (TPSA) is 133 Å². The molecule has 0 aromatic rings. The predicted molar refractivity (Wildman–Crippen MR) is 298 cm³/mol. The van der Waals surface area contributed by atoms with E-state index in [1.165, 1.54) is 173 Å². The van der Waals surface area contributed by atoms with Crippen LogP contribution in [0, 0.1) is 0 Å². The smallest absolute Gasteiger partial charge is 0.408 e. The second-order valence-electron chi connectivity index (χ2n) is 22.9. The Morgan fingerprint density at radius 1 is 0.437 bits per heavy atom. The van der Waals surface area contributed by atoms with Gasteiger partial charge in [0.25, 0.3) is 0 Å². The average molecular weight is 1010 g/mol. The Labute approximate surface area is 439 Å². The molecule has 0 bridgehead atoms. The maximum Gasteiger partial charge on any atom is 0.408 e. The van der Waals surface area contributed by atoms with Crippen molar-refractivity contribution in [3.8, 4) is 0 Å². The van der Waals surface area contributed by atoms with Gasteiger partial charge in [-0.25, -0.2) is 4.79 Å². The molecular weight excluding hydrogens is 891 g/mol. The summed E-state index contributed by atoms with van der Waals surface area (Å²) in [6, 6.07) is -0.942. The van der Waals surface area contributed by atoms with Crippen molar-refractivity contribution in [2.24, 2.45) is 0 Å². The predicted octanol–water partition coefficient (Wildman–Crippen LogP) is 15.8. The van der Waals surface area contributed by atoms with Gasteiger partial charge >= 0.3 is 6.09 Å². The summed E-state index contributed by atoms with van der Waals surface area (Å²) in [5, 5.41) is 8.66. The van der Waals surface area contributed by atoms with E-state index in [9.17, 15) is 14.4 Å². The van der Waals surface area contributed by atoms with E-state index in [0.717, 1.165) is 38.5 Å². The van der Waals surface area contributed by atoms with Crippen LogP contribution in [0.4, 0.5) is 4.79 Å². The zero-order chi connectivity index (χ0) is 52.7. The van der Waals surface area contributed by atoms with Crippen molar-refractivity contribution in [2.45, 2.75) is 330 Å². The average Bonchev–Trinajstić information content (AvgIpc) is 3.32. The lowest BCUT2D eigenvalue weighted by Crippen LogP contribution is -2.48. The van der Waals surface area contributed by atoms with Crippen LogP contribution < -0.4 is 16.0 Å². The molecule has 4 atom stereocenters. The Morgan fingerprint density at radius 2 is 0.761 bits per heavy atom. The standard InChI is InChI=1S/C60H119N3O8/c1-11-13-15-17-19-21-23-25-27-29-31-33-35-37-39-41-43-54(42-40-38-36-34-32-30-28-26-24-22-20-18-16-14-12-2)71-58(66)63-55(57(65)62-47-49-68-53(4)51-70-60(8,9)10)44-45-56(64)61-46-48-67-52(3)50-69-59(5,6)7/h52-55H,11-51H2,1-10H3,(H,61,64)(H,62,65)(H,63,66)/t52?,53?,54?,55-/m1/s1. The van der Waals surface area contributed by atoms with Crippen LogP contribution in [-0.4, -0.2) is 93.0 Å². The monoisotopic (exact) mass is 1010 g/mol. The van der Waals surface area contributed by atoms with Crippen molar-refractivity contribution in [3.05, 3.63) is 0 Å². The van der Waals surface area contributed by atoms with Gasteiger partial charge in [-0.1, -0.05) is 200 Å². The summed E-state index contributed by atoms with van der Waals surface area (Å²) in [6.07, 6.45) is 41.5. The number of alkyl carbamates (subject to hydrolysis) is 1. The van der Waals surface area contributed by atoms with Crippen LogP contribution in [0.3, 0.4) is 0 Å². The van der Waals surface area contributed by atoms with Crippen LogP contribution in [0.2, 0.25) is 0 Å². The van der Waals surface area contributed by atoms with E-state index in [4.69, 9.17) is 23.7 Å². The van der Waals surface area contributed by atoms with Crippen LogP contribution in [0.1, 0.15) is 294 Å². The molecule has 422 valence electrons. The SMILES string of the molecule is CCCCCCCCCCCCCCCCCCC(CCCCCCCCCCCCCCCCC)OC(=O)N[C@H](CCC(=O)NCCOC(C)COC(C)(C)C)C(=O)NCCOC(C)COC(C)(C)C. The van der Waals surface area contributed by atoms with E-state index in [1.54, 1.807) is 0 Å². The number of ether oxygens (including phenoxy) is 5. The van der Waals surface area contributed by atoms with Crippen LogP contribution in [0.15, 0.2) is 0 Å². The minimum atomic E-state index is -0.942. The molecular formula is C60H119N3O8. The minimum absolute atomic E-state index is 0.0560. The van der Waals surface area contributed by atoms with Crippen molar-refractivity contribution in [1.82, 2.24) is 16.0 Å². The first-order valence-electron chi connectivity index (χ1n) is 30.1. The highest BCUT2D eigenvalue weighted by Crippen LogP contribution is 2.20. The first-order valence-corrected chi connectivity index (χ1v) is 30.1. The second-order valence-corrected chi connectivity index (χ2v) is 22.9. The zero-order valence-electron chi connectivity index (χ0n) is 48.6. The summed E-state index contributed by atoms with van der Waals surface area (Å²) in [5.74, 6) is -0.588. The Kier molecular flexibility index (Phi) is 46.4.